The highest BCUT2D eigenvalue weighted by molar-refractivity contribution is 7.85. The Morgan fingerprint density at radius 3 is 2.58 bits per heavy atom. The van der Waals surface area contributed by atoms with Crippen LogP contribution in [0.1, 0.15) is 44.1 Å². The van der Waals surface area contributed by atoms with Gasteiger partial charge in [0.05, 0.1) is 24.2 Å². The summed E-state index contributed by atoms with van der Waals surface area (Å²) in [5.41, 5.74) is 0.271. The SMILES string of the molecule is O=C(Cc1ccc(OCCCC2CCN(C3NCC(Cl)CN3)CC2)cc1F)NCCCCS(=O)(=O)O. The lowest BCUT2D eigenvalue weighted by atomic mass is 9.92. The number of halogens is 2. The number of benzene rings is 1. The molecule has 2 aliphatic rings. The number of nitrogens with zero attached hydrogens (tertiary/aromatic N) is 1. The van der Waals surface area contributed by atoms with E-state index in [-0.39, 0.29) is 48.3 Å². The molecule has 204 valence electrons. The topological polar surface area (TPSA) is 120 Å². The van der Waals surface area contributed by atoms with Crippen molar-refractivity contribution in [1.82, 2.24) is 20.9 Å². The average Bonchev–Trinajstić information content (AvgIpc) is 2.83. The fourth-order valence-corrected chi connectivity index (χ4v) is 5.32. The first-order chi connectivity index (χ1) is 17.2. The second-order valence-electron chi connectivity index (χ2n) is 9.56. The highest BCUT2D eigenvalue weighted by atomic mass is 35.5. The number of carbonyl (C=O) groups excluding carboxylic acids is 1. The van der Waals surface area contributed by atoms with Crippen molar-refractivity contribution in [3.63, 3.8) is 0 Å². The van der Waals surface area contributed by atoms with Crippen molar-refractivity contribution in [2.75, 3.05) is 45.1 Å². The van der Waals surface area contributed by atoms with Crippen LogP contribution in [0, 0.1) is 11.7 Å². The van der Waals surface area contributed by atoms with E-state index in [1.807, 2.05) is 0 Å². The lowest BCUT2D eigenvalue weighted by Gasteiger charge is -2.41. The molecule has 0 radical (unpaired) electrons. The van der Waals surface area contributed by atoms with Crippen molar-refractivity contribution < 1.29 is 26.9 Å². The van der Waals surface area contributed by atoms with E-state index in [1.165, 1.54) is 6.07 Å². The van der Waals surface area contributed by atoms with Crippen LogP contribution >= 0.6 is 11.6 Å². The van der Waals surface area contributed by atoms with Gasteiger partial charge in [-0.15, -0.1) is 11.6 Å². The Hall–Kier alpha value is -1.50. The van der Waals surface area contributed by atoms with Crippen LogP contribution < -0.4 is 20.7 Å². The molecule has 36 heavy (non-hydrogen) atoms. The zero-order valence-corrected chi connectivity index (χ0v) is 22.1. The fourth-order valence-electron chi connectivity index (χ4n) is 4.58. The predicted molar refractivity (Wildman–Crippen MR) is 137 cm³/mol. The molecule has 2 saturated heterocycles. The Kier molecular flexibility index (Phi) is 11.7. The molecule has 12 heteroatoms. The number of piperidine rings is 1. The van der Waals surface area contributed by atoms with Gasteiger partial charge in [0.2, 0.25) is 5.91 Å². The van der Waals surface area contributed by atoms with Crippen molar-refractivity contribution >= 4 is 27.6 Å². The van der Waals surface area contributed by atoms with Crippen molar-refractivity contribution in [2.45, 2.75) is 56.6 Å². The van der Waals surface area contributed by atoms with E-state index in [0.29, 0.717) is 24.7 Å². The number of alkyl halides is 1. The smallest absolute Gasteiger partial charge is 0.264 e. The third-order valence-corrected chi connectivity index (χ3v) is 7.75. The summed E-state index contributed by atoms with van der Waals surface area (Å²) in [7, 11) is -3.99. The van der Waals surface area contributed by atoms with Gasteiger partial charge in [0.15, 0.2) is 0 Å². The van der Waals surface area contributed by atoms with Crippen LogP contribution in [-0.2, 0) is 21.3 Å². The van der Waals surface area contributed by atoms with Gasteiger partial charge in [0, 0.05) is 38.8 Å². The molecule has 9 nitrogen and oxygen atoms in total. The van der Waals surface area contributed by atoms with Gasteiger partial charge in [-0.1, -0.05) is 6.07 Å². The lowest BCUT2D eigenvalue weighted by Crippen LogP contribution is -2.62. The summed E-state index contributed by atoms with van der Waals surface area (Å²) in [5.74, 6) is -0.0710. The van der Waals surface area contributed by atoms with E-state index < -0.39 is 15.9 Å². The molecular formula is C24H38ClFN4O5S. The second kappa shape index (κ2) is 14.4. The summed E-state index contributed by atoms with van der Waals surface area (Å²) in [5, 5.41) is 9.66. The Labute approximate surface area is 218 Å². The third kappa shape index (κ3) is 10.5. The van der Waals surface area contributed by atoms with Crippen LogP contribution in [0.4, 0.5) is 4.39 Å². The van der Waals surface area contributed by atoms with Crippen LogP contribution in [-0.4, -0.2) is 80.5 Å². The lowest BCUT2D eigenvalue weighted by molar-refractivity contribution is -0.120. The van der Waals surface area contributed by atoms with Gasteiger partial charge in [0.25, 0.3) is 10.1 Å². The number of rotatable bonds is 13. The summed E-state index contributed by atoms with van der Waals surface area (Å²) in [6, 6.07) is 4.53. The maximum Gasteiger partial charge on any atom is 0.264 e. The number of nitrogens with one attached hydrogen (secondary N) is 3. The molecule has 1 amide bonds. The first-order valence-electron chi connectivity index (χ1n) is 12.7. The number of carbonyl (C=O) groups is 1. The predicted octanol–water partition coefficient (Wildman–Crippen LogP) is 2.11. The highest BCUT2D eigenvalue weighted by Gasteiger charge is 2.27. The molecule has 0 unspecified atom stereocenters. The molecular weight excluding hydrogens is 511 g/mol. The summed E-state index contributed by atoms with van der Waals surface area (Å²) in [6.45, 7) is 4.54. The van der Waals surface area contributed by atoms with E-state index in [1.54, 1.807) is 12.1 Å². The quantitative estimate of drug-likeness (QED) is 0.168. The van der Waals surface area contributed by atoms with Gasteiger partial charge in [-0.2, -0.15) is 8.42 Å². The summed E-state index contributed by atoms with van der Waals surface area (Å²) >= 11 is 6.12. The van der Waals surface area contributed by atoms with E-state index >= 15 is 0 Å². The molecule has 2 fully saturated rings. The molecule has 2 heterocycles. The number of likely N-dealkylation sites (tertiary alicyclic amines) is 1. The third-order valence-electron chi connectivity index (χ3n) is 6.63. The minimum Gasteiger partial charge on any atom is -0.493 e. The molecule has 0 atom stereocenters. The Bertz CT molecular complexity index is 938. The number of ether oxygens (including phenoxy) is 1. The van der Waals surface area contributed by atoms with Gasteiger partial charge in [-0.3, -0.25) is 24.9 Å². The van der Waals surface area contributed by atoms with Crippen LogP contribution in [0.3, 0.4) is 0 Å². The van der Waals surface area contributed by atoms with E-state index in [9.17, 15) is 17.6 Å². The van der Waals surface area contributed by atoms with Crippen LogP contribution in [0.25, 0.3) is 0 Å². The maximum absolute atomic E-state index is 14.4. The maximum atomic E-state index is 14.4. The Morgan fingerprint density at radius 2 is 1.92 bits per heavy atom. The summed E-state index contributed by atoms with van der Waals surface area (Å²) in [4.78, 5) is 14.4. The molecule has 0 aromatic heterocycles. The van der Waals surface area contributed by atoms with Gasteiger partial charge >= 0.3 is 0 Å². The largest absolute Gasteiger partial charge is 0.493 e. The van der Waals surface area contributed by atoms with Crippen LogP contribution in [0.15, 0.2) is 18.2 Å². The second-order valence-corrected chi connectivity index (χ2v) is 11.7. The standard InChI is InChI=1S/C24H38ClFN4O5S/c25-20-16-28-24(29-17-20)30-10-7-18(8-11-30)4-3-12-35-21-6-5-19(22(26)15-21)14-23(31)27-9-1-2-13-36(32,33)34/h5-6,15,18,20,24,28-29H,1-4,7-14,16-17H2,(H,27,31)(H,32,33,34). The average molecular weight is 549 g/mol. The first kappa shape index (κ1) is 29.1. The molecule has 0 aliphatic carbocycles. The van der Waals surface area contributed by atoms with Gasteiger partial charge in [-0.05, 0) is 56.1 Å². The van der Waals surface area contributed by atoms with Gasteiger partial charge in [0.1, 0.15) is 17.9 Å². The van der Waals surface area contributed by atoms with Crippen molar-refractivity contribution in [2.24, 2.45) is 5.92 Å². The van der Waals surface area contributed by atoms with Gasteiger partial charge in [-0.25, -0.2) is 4.39 Å². The molecule has 4 N–H and O–H groups in total. The van der Waals surface area contributed by atoms with E-state index in [0.717, 1.165) is 51.9 Å². The first-order valence-corrected chi connectivity index (χ1v) is 14.7. The monoisotopic (exact) mass is 548 g/mol. The zero-order valence-electron chi connectivity index (χ0n) is 20.6. The van der Waals surface area contributed by atoms with Crippen molar-refractivity contribution in [1.29, 1.82) is 0 Å². The zero-order chi connectivity index (χ0) is 26.0. The Morgan fingerprint density at radius 1 is 1.19 bits per heavy atom. The normalized spacial score (nSPS) is 21.9. The van der Waals surface area contributed by atoms with Crippen molar-refractivity contribution in [3.05, 3.63) is 29.6 Å². The molecule has 1 aromatic rings. The van der Waals surface area contributed by atoms with Gasteiger partial charge < -0.3 is 10.1 Å². The molecule has 1 aromatic carbocycles. The van der Waals surface area contributed by atoms with E-state index in [4.69, 9.17) is 20.9 Å². The van der Waals surface area contributed by atoms with E-state index in [2.05, 4.69) is 20.9 Å². The molecule has 0 spiro atoms. The molecule has 2 aliphatic heterocycles. The number of unbranched alkanes of at least 4 members (excludes halogenated alkanes) is 1. The highest BCUT2D eigenvalue weighted by Crippen LogP contribution is 2.24. The minimum absolute atomic E-state index is 0.110. The van der Waals surface area contributed by atoms with Crippen LogP contribution in [0.2, 0.25) is 0 Å². The molecule has 0 bridgehead atoms. The Balaban J connectivity index is 1.28. The number of amides is 1. The summed E-state index contributed by atoms with van der Waals surface area (Å²) < 4.78 is 50.2. The summed E-state index contributed by atoms with van der Waals surface area (Å²) in [6.07, 6.45) is 5.03. The number of hydrogen-bond acceptors (Lipinski definition) is 7. The molecule has 0 saturated carbocycles. The van der Waals surface area contributed by atoms with Crippen molar-refractivity contribution in [3.8, 4) is 5.75 Å². The minimum atomic E-state index is -3.99. The fraction of sp³-hybridized carbons (Fsp3) is 0.708. The van der Waals surface area contributed by atoms with Crippen LogP contribution in [0.5, 0.6) is 5.75 Å². The molecule has 3 rings (SSSR count). The number of hydrogen-bond donors (Lipinski definition) is 4.